The van der Waals surface area contributed by atoms with Gasteiger partial charge in [-0.2, -0.15) is 0 Å². The van der Waals surface area contributed by atoms with Crippen molar-refractivity contribution in [1.82, 2.24) is 5.32 Å². The Morgan fingerprint density at radius 2 is 1.91 bits per heavy atom. The van der Waals surface area contributed by atoms with Crippen molar-refractivity contribution in [3.8, 4) is 0 Å². The van der Waals surface area contributed by atoms with Crippen LogP contribution in [-0.4, -0.2) is 51.7 Å². The number of hydrogen-bond acceptors (Lipinski definition) is 7. The number of ether oxygens (including phenoxy) is 3. The van der Waals surface area contributed by atoms with Gasteiger partial charge in [-0.1, -0.05) is 30.3 Å². The first-order valence-corrected chi connectivity index (χ1v) is 12.3. The van der Waals surface area contributed by atoms with Gasteiger partial charge in [-0.3, -0.25) is 0 Å². The van der Waals surface area contributed by atoms with Crippen molar-refractivity contribution in [1.29, 1.82) is 0 Å². The monoisotopic (exact) mass is 458 g/mol. The van der Waals surface area contributed by atoms with E-state index in [2.05, 4.69) is 41.5 Å². The van der Waals surface area contributed by atoms with Crippen LogP contribution in [0.3, 0.4) is 0 Å². The highest BCUT2D eigenvalue weighted by atomic mass is 32.1. The van der Waals surface area contributed by atoms with Gasteiger partial charge in [0.15, 0.2) is 5.79 Å². The topological polar surface area (TPSA) is 60.0 Å². The summed E-state index contributed by atoms with van der Waals surface area (Å²) in [5.74, 6) is -0.596. The maximum atomic E-state index is 12.6. The quantitative estimate of drug-likeness (QED) is 0.470. The Morgan fingerprint density at radius 3 is 2.56 bits per heavy atom. The number of thiophene rings is 1. The van der Waals surface area contributed by atoms with Crippen LogP contribution in [-0.2, 0) is 27.2 Å². The molecule has 2 heterocycles. The third kappa shape index (κ3) is 5.01. The van der Waals surface area contributed by atoms with Gasteiger partial charge in [-0.15, -0.1) is 11.3 Å². The van der Waals surface area contributed by atoms with Gasteiger partial charge in [0.1, 0.15) is 0 Å². The lowest BCUT2D eigenvalue weighted by molar-refractivity contribution is -0.178. The standard InChI is InChI=1S/C25H34N2O4S/c1-18-22(24(28)29-3)21(11-14-26-17-19-7-5-4-6-8-19)32-23(18)27(2)20-9-12-25(13-10-20)30-15-16-31-25/h4-8,20,26H,9-17H2,1-3H3. The van der Waals surface area contributed by atoms with Crippen LogP contribution in [0.15, 0.2) is 30.3 Å². The number of rotatable bonds is 8. The normalized spacial score (nSPS) is 18.2. The molecule has 0 atom stereocenters. The van der Waals surface area contributed by atoms with Gasteiger partial charge < -0.3 is 24.4 Å². The molecule has 1 N–H and O–H groups in total. The van der Waals surface area contributed by atoms with Crippen molar-refractivity contribution >= 4 is 22.3 Å². The van der Waals surface area contributed by atoms with Gasteiger partial charge in [0.05, 0.1) is 30.9 Å². The smallest absolute Gasteiger partial charge is 0.339 e. The molecule has 7 heteroatoms. The number of methoxy groups -OCH3 is 1. The van der Waals surface area contributed by atoms with Crippen LogP contribution in [0, 0.1) is 6.92 Å². The number of nitrogens with zero attached hydrogens (tertiary/aromatic N) is 1. The van der Waals surface area contributed by atoms with E-state index in [1.165, 1.54) is 12.7 Å². The molecule has 1 saturated heterocycles. The second-order valence-corrected chi connectivity index (χ2v) is 9.77. The highest BCUT2D eigenvalue weighted by molar-refractivity contribution is 7.16. The van der Waals surface area contributed by atoms with E-state index < -0.39 is 0 Å². The van der Waals surface area contributed by atoms with Gasteiger partial charge in [0.25, 0.3) is 0 Å². The molecule has 1 saturated carbocycles. The molecule has 0 radical (unpaired) electrons. The summed E-state index contributed by atoms with van der Waals surface area (Å²) in [5.41, 5.74) is 3.01. The highest BCUT2D eigenvalue weighted by Gasteiger charge is 2.41. The largest absolute Gasteiger partial charge is 0.465 e. The van der Waals surface area contributed by atoms with Crippen LogP contribution in [0.2, 0.25) is 0 Å². The lowest BCUT2D eigenvalue weighted by Crippen LogP contribution is -2.42. The Kier molecular flexibility index (Phi) is 7.51. The molecule has 1 aliphatic heterocycles. The molecule has 0 bridgehead atoms. The molecule has 0 unspecified atom stereocenters. The van der Waals surface area contributed by atoms with Crippen molar-refractivity contribution in [2.45, 2.75) is 57.4 Å². The first-order valence-electron chi connectivity index (χ1n) is 11.5. The SMILES string of the molecule is COC(=O)c1c(CCNCc2ccccc2)sc(N(C)C2CCC3(CC2)OCCO3)c1C. The van der Waals surface area contributed by atoms with Crippen LogP contribution in [0.25, 0.3) is 0 Å². The van der Waals surface area contributed by atoms with E-state index in [0.29, 0.717) is 19.3 Å². The fraction of sp³-hybridized carbons (Fsp3) is 0.560. The number of anilines is 1. The molecule has 2 aromatic rings. The number of nitrogens with one attached hydrogen (secondary N) is 1. The number of hydrogen-bond donors (Lipinski definition) is 1. The van der Waals surface area contributed by atoms with Crippen LogP contribution in [0.1, 0.15) is 52.0 Å². The van der Waals surface area contributed by atoms with Gasteiger partial charge in [0.2, 0.25) is 0 Å². The van der Waals surface area contributed by atoms with Crippen molar-refractivity contribution in [3.63, 3.8) is 0 Å². The number of carbonyl (C=O) groups excluding carboxylic acids is 1. The molecule has 1 aromatic heterocycles. The Labute approximate surface area is 194 Å². The predicted molar refractivity (Wildman–Crippen MR) is 128 cm³/mol. The molecule has 4 rings (SSSR count). The molecular weight excluding hydrogens is 424 g/mol. The lowest BCUT2D eigenvalue weighted by atomic mass is 9.89. The van der Waals surface area contributed by atoms with E-state index in [1.54, 1.807) is 11.3 Å². The van der Waals surface area contributed by atoms with E-state index in [0.717, 1.165) is 66.2 Å². The third-order valence-corrected chi connectivity index (χ3v) is 8.13. The molecule has 2 fully saturated rings. The average molecular weight is 459 g/mol. The van der Waals surface area contributed by atoms with Crippen LogP contribution >= 0.6 is 11.3 Å². The summed E-state index contributed by atoms with van der Waals surface area (Å²) >= 11 is 1.72. The summed E-state index contributed by atoms with van der Waals surface area (Å²) in [7, 11) is 3.61. The lowest BCUT2D eigenvalue weighted by Gasteiger charge is -2.39. The summed E-state index contributed by atoms with van der Waals surface area (Å²) < 4.78 is 16.9. The Morgan fingerprint density at radius 1 is 1.22 bits per heavy atom. The molecular formula is C25H34N2O4S. The highest BCUT2D eigenvalue weighted by Crippen LogP contribution is 2.42. The fourth-order valence-corrected chi connectivity index (χ4v) is 6.18. The predicted octanol–water partition coefficient (Wildman–Crippen LogP) is 4.30. The minimum atomic E-state index is -0.353. The second kappa shape index (κ2) is 10.3. The molecule has 1 aliphatic carbocycles. The van der Waals surface area contributed by atoms with Gasteiger partial charge in [0, 0.05) is 43.9 Å². The molecule has 174 valence electrons. The van der Waals surface area contributed by atoms with E-state index in [9.17, 15) is 4.79 Å². The average Bonchev–Trinajstić information content (AvgIpc) is 3.41. The maximum absolute atomic E-state index is 12.6. The minimum absolute atomic E-state index is 0.244. The van der Waals surface area contributed by atoms with Gasteiger partial charge in [-0.05, 0) is 37.3 Å². The number of carbonyl (C=O) groups is 1. The summed E-state index contributed by atoms with van der Waals surface area (Å²) in [6.07, 6.45) is 4.69. The van der Waals surface area contributed by atoms with Gasteiger partial charge >= 0.3 is 5.97 Å². The molecule has 6 nitrogen and oxygen atoms in total. The second-order valence-electron chi connectivity index (χ2n) is 8.68. The van der Waals surface area contributed by atoms with E-state index in [4.69, 9.17) is 14.2 Å². The van der Waals surface area contributed by atoms with Crippen molar-refractivity contribution in [3.05, 3.63) is 51.9 Å². The third-order valence-electron chi connectivity index (χ3n) is 6.68. The van der Waals surface area contributed by atoms with Crippen LogP contribution in [0.5, 0.6) is 0 Å². The van der Waals surface area contributed by atoms with Crippen LogP contribution in [0.4, 0.5) is 5.00 Å². The maximum Gasteiger partial charge on any atom is 0.339 e. The Bertz CT molecular complexity index is 898. The first kappa shape index (κ1) is 23.2. The van der Waals surface area contributed by atoms with Crippen molar-refractivity contribution in [2.24, 2.45) is 0 Å². The Balaban J connectivity index is 1.42. The minimum Gasteiger partial charge on any atom is -0.465 e. The molecule has 32 heavy (non-hydrogen) atoms. The van der Waals surface area contributed by atoms with Crippen LogP contribution < -0.4 is 10.2 Å². The van der Waals surface area contributed by atoms with Crippen molar-refractivity contribution in [2.75, 3.05) is 38.8 Å². The first-order chi connectivity index (χ1) is 15.5. The van der Waals surface area contributed by atoms with Gasteiger partial charge in [-0.25, -0.2) is 4.79 Å². The zero-order valence-corrected chi connectivity index (χ0v) is 20.1. The summed E-state index contributed by atoms with van der Waals surface area (Å²) in [6.45, 7) is 5.08. The zero-order chi connectivity index (χ0) is 22.6. The van der Waals surface area contributed by atoms with E-state index >= 15 is 0 Å². The summed E-state index contributed by atoms with van der Waals surface area (Å²) in [6, 6.07) is 10.8. The van der Waals surface area contributed by atoms with Crippen molar-refractivity contribution < 1.29 is 19.0 Å². The molecule has 1 spiro atoms. The Hall–Kier alpha value is -1.93. The molecule has 2 aliphatic rings. The number of benzene rings is 1. The number of esters is 1. The fourth-order valence-electron chi connectivity index (χ4n) is 4.85. The molecule has 0 amide bonds. The summed E-state index contributed by atoms with van der Waals surface area (Å²) in [4.78, 5) is 16.0. The summed E-state index contributed by atoms with van der Waals surface area (Å²) in [5, 5.41) is 4.66. The van der Waals surface area contributed by atoms with E-state index in [-0.39, 0.29) is 11.8 Å². The zero-order valence-electron chi connectivity index (χ0n) is 19.3. The van der Waals surface area contributed by atoms with E-state index in [1.807, 2.05) is 13.0 Å². The molecule has 1 aromatic carbocycles.